The van der Waals surface area contributed by atoms with Crippen LogP contribution in [0.1, 0.15) is 58.4 Å². The first-order valence-corrected chi connectivity index (χ1v) is 11.9. The molecule has 0 spiro atoms. The number of benzene rings is 1. The maximum atomic E-state index is 11.9. The van der Waals surface area contributed by atoms with E-state index in [1.807, 2.05) is 12.1 Å². The van der Waals surface area contributed by atoms with Crippen molar-refractivity contribution in [2.75, 3.05) is 36.7 Å². The van der Waals surface area contributed by atoms with Gasteiger partial charge in [-0.15, -0.1) is 0 Å². The first kappa shape index (κ1) is 22.2. The topological polar surface area (TPSA) is 69.6 Å². The molecule has 1 aliphatic heterocycles. The van der Waals surface area contributed by atoms with Gasteiger partial charge in [-0.05, 0) is 55.0 Å². The molecule has 2 rings (SSSR count). The van der Waals surface area contributed by atoms with Gasteiger partial charge in [0.2, 0.25) is 10.0 Å². The van der Waals surface area contributed by atoms with Crippen LogP contribution in [-0.2, 0) is 15.4 Å². The number of hydrogen-bond donors (Lipinski definition) is 2. The largest absolute Gasteiger partial charge is 0.395 e. The summed E-state index contributed by atoms with van der Waals surface area (Å²) in [7, 11) is -3.50. The van der Waals surface area contributed by atoms with E-state index in [1.165, 1.54) is 37.8 Å². The Morgan fingerprint density at radius 3 is 2.74 bits per heavy atom. The third kappa shape index (κ3) is 6.19. The number of nitrogens with zero attached hydrogens (tertiary/aromatic N) is 1. The van der Waals surface area contributed by atoms with E-state index in [2.05, 4.69) is 36.5 Å². The summed E-state index contributed by atoms with van der Waals surface area (Å²) in [5.74, 6) is 0.222. The third-order valence-electron chi connectivity index (χ3n) is 6.05. The molecule has 0 radical (unpaired) electrons. The number of aliphatic hydroxyl groups excluding tert-OH is 1. The Labute approximate surface area is 165 Å². The second kappa shape index (κ2) is 9.89. The molecule has 0 amide bonds. The summed E-state index contributed by atoms with van der Waals surface area (Å²) >= 11 is 0. The zero-order valence-corrected chi connectivity index (χ0v) is 17.9. The number of likely N-dealkylation sites (tertiary alicyclic amines) is 1. The molecule has 0 bridgehead atoms. The Bertz CT molecular complexity index is 692. The molecule has 5 nitrogen and oxygen atoms in total. The number of nitrogens with one attached hydrogen (secondary N) is 1. The van der Waals surface area contributed by atoms with Crippen molar-refractivity contribution in [3.63, 3.8) is 0 Å². The molecule has 154 valence electrons. The molecule has 0 saturated carbocycles. The lowest BCUT2D eigenvalue weighted by Crippen LogP contribution is -2.47. The predicted molar refractivity (Wildman–Crippen MR) is 113 cm³/mol. The number of piperidine rings is 1. The van der Waals surface area contributed by atoms with Crippen molar-refractivity contribution in [3.05, 3.63) is 29.8 Å². The molecule has 1 saturated heterocycles. The van der Waals surface area contributed by atoms with Crippen molar-refractivity contribution in [3.8, 4) is 0 Å². The van der Waals surface area contributed by atoms with E-state index >= 15 is 0 Å². The van der Waals surface area contributed by atoms with Gasteiger partial charge in [0.15, 0.2) is 0 Å². The lowest BCUT2D eigenvalue weighted by Gasteiger charge is -2.45. The van der Waals surface area contributed by atoms with Crippen LogP contribution < -0.4 is 4.72 Å². The van der Waals surface area contributed by atoms with E-state index in [0.717, 1.165) is 19.5 Å². The van der Waals surface area contributed by atoms with Gasteiger partial charge in [-0.1, -0.05) is 52.2 Å². The highest BCUT2D eigenvalue weighted by Crippen LogP contribution is 2.40. The van der Waals surface area contributed by atoms with Crippen molar-refractivity contribution in [1.82, 2.24) is 4.90 Å². The first-order valence-electron chi connectivity index (χ1n) is 10.2. The zero-order valence-electron chi connectivity index (χ0n) is 17.1. The second-order valence-corrected chi connectivity index (χ2v) is 10.00. The van der Waals surface area contributed by atoms with Crippen molar-refractivity contribution in [2.45, 2.75) is 58.3 Å². The maximum Gasteiger partial charge on any atom is 0.234 e. The van der Waals surface area contributed by atoms with Gasteiger partial charge in [0.05, 0.1) is 12.4 Å². The van der Waals surface area contributed by atoms with Gasteiger partial charge in [-0.3, -0.25) is 4.72 Å². The summed E-state index contributed by atoms with van der Waals surface area (Å²) in [4.78, 5) is 2.58. The molecule has 1 fully saturated rings. The minimum Gasteiger partial charge on any atom is -0.395 e. The molecule has 2 unspecified atom stereocenters. The average Bonchev–Trinajstić information content (AvgIpc) is 2.61. The van der Waals surface area contributed by atoms with Crippen LogP contribution in [0, 0.1) is 5.92 Å². The summed E-state index contributed by atoms with van der Waals surface area (Å²) in [6.45, 7) is 9.83. The Morgan fingerprint density at radius 1 is 1.30 bits per heavy atom. The van der Waals surface area contributed by atoms with Crippen LogP contribution in [0.5, 0.6) is 0 Å². The fraction of sp³-hybridized carbons (Fsp3) is 0.714. The lowest BCUT2D eigenvalue weighted by atomic mass is 9.68. The molecule has 2 atom stereocenters. The van der Waals surface area contributed by atoms with E-state index in [1.54, 1.807) is 6.07 Å². The standard InChI is InChI=1S/C21H36N2O3S/c1-4-5-6-7-12-23-13-11-21(3,18(2)17-23)19-9-8-10-20(16-19)22-27(25,26)15-14-24/h8-10,16,18,22,24H,4-7,11-15,17H2,1-3H3. The summed E-state index contributed by atoms with van der Waals surface area (Å²) < 4.78 is 26.5. The number of sulfonamides is 1. The summed E-state index contributed by atoms with van der Waals surface area (Å²) in [5.41, 5.74) is 1.81. The third-order valence-corrected chi connectivity index (χ3v) is 7.32. The Balaban J connectivity index is 2.04. The molecular formula is C21H36N2O3S. The van der Waals surface area contributed by atoms with Gasteiger partial charge in [-0.25, -0.2) is 8.42 Å². The Morgan fingerprint density at radius 2 is 2.07 bits per heavy atom. The molecule has 6 heteroatoms. The number of rotatable bonds is 10. The van der Waals surface area contributed by atoms with Gasteiger partial charge in [0.1, 0.15) is 0 Å². The van der Waals surface area contributed by atoms with Crippen molar-refractivity contribution >= 4 is 15.7 Å². The molecule has 1 aromatic carbocycles. The molecule has 1 heterocycles. The van der Waals surface area contributed by atoms with Crippen LogP contribution in [-0.4, -0.2) is 50.4 Å². The normalized spacial score (nSPS) is 24.1. The number of aliphatic hydroxyl groups is 1. The fourth-order valence-corrected chi connectivity index (χ4v) is 4.83. The second-order valence-electron chi connectivity index (χ2n) is 8.16. The van der Waals surface area contributed by atoms with Crippen molar-refractivity contribution < 1.29 is 13.5 Å². The summed E-state index contributed by atoms with van der Waals surface area (Å²) in [6, 6.07) is 7.76. The number of hydrogen-bond acceptors (Lipinski definition) is 4. The van der Waals surface area contributed by atoms with Crippen molar-refractivity contribution in [1.29, 1.82) is 0 Å². The summed E-state index contributed by atoms with van der Waals surface area (Å²) in [5, 5.41) is 8.91. The zero-order chi connectivity index (χ0) is 19.9. The minimum atomic E-state index is -3.50. The van der Waals surface area contributed by atoms with Gasteiger partial charge < -0.3 is 10.0 Å². The molecule has 1 aliphatic rings. The predicted octanol–water partition coefficient (Wildman–Crippen LogP) is 3.60. The van der Waals surface area contributed by atoms with Gasteiger partial charge >= 0.3 is 0 Å². The van der Waals surface area contributed by atoms with Crippen LogP contribution in [0.4, 0.5) is 5.69 Å². The monoisotopic (exact) mass is 396 g/mol. The number of anilines is 1. The molecule has 2 N–H and O–H groups in total. The van der Waals surface area contributed by atoms with E-state index in [0.29, 0.717) is 11.6 Å². The summed E-state index contributed by atoms with van der Waals surface area (Å²) in [6.07, 6.45) is 6.26. The quantitative estimate of drug-likeness (QED) is 0.593. The van der Waals surface area contributed by atoms with Crippen LogP contribution in [0.15, 0.2) is 24.3 Å². The van der Waals surface area contributed by atoms with Crippen LogP contribution in [0.2, 0.25) is 0 Å². The van der Waals surface area contributed by atoms with Crippen LogP contribution in [0.25, 0.3) is 0 Å². The molecule has 0 aromatic heterocycles. The number of unbranched alkanes of at least 4 members (excludes halogenated alkanes) is 3. The molecule has 0 aliphatic carbocycles. The highest BCUT2D eigenvalue weighted by molar-refractivity contribution is 7.92. The van der Waals surface area contributed by atoms with Gasteiger partial charge in [0.25, 0.3) is 0 Å². The Hall–Kier alpha value is -1.11. The average molecular weight is 397 g/mol. The molecule has 1 aromatic rings. The lowest BCUT2D eigenvalue weighted by molar-refractivity contribution is 0.109. The van der Waals surface area contributed by atoms with Gasteiger partial charge in [-0.2, -0.15) is 0 Å². The highest BCUT2D eigenvalue weighted by atomic mass is 32.2. The molecular weight excluding hydrogens is 360 g/mol. The maximum absolute atomic E-state index is 11.9. The van der Waals surface area contributed by atoms with Crippen molar-refractivity contribution in [2.24, 2.45) is 5.92 Å². The van der Waals surface area contributed by atoms with Gasteiger partial charge in [0, 0.05) is 12.2 Å². The van der Waals surface area contributed by atoms with E-state index < -0.39 is 10.0 Å². The highest BCUT2D eigenvalue weighted by Gasteiger charge is 2.37. The molecule has 27 heavy (non-hydrogen) atoms. The van der Waals surface area contributed by atoms with Crippen LogP contribution in [0.3, 0.4) is 0 Å². The van der Waals surface area contributed by atoms with E-state index in [4.69, 9.17) is 5.11 Å². The smallest absolute Gasteiger partial charge is 0.234 e. The SMILES string of the molecule is CCCCCCN1CCC(C)(c2cccc(NS(=O)(=O)CCO)c2)C(C)C1. The first-order chi connectivity index (χ1) is 12.8. The van der Waals surface area contributed by atoms with E-state index in [-0.39, 0.29) is 17.8 Å². The van der Waals surface area contributed by atoms with Crippen LogP contribution >= 0.6 is 0 Å². The minimum absolute atomic E-state index is 0.0400. The fourth-order valence-electron chi connectivity index (χ4n) is 4.00. The van der Waals surface area contributed by atoms with E-state index in [9.17, 15) is 8.42 Å². The Kier molecular flexibility index (Phi) is 8.13.